The molecule has 0 bridgehead atoms. The predicted molar refractivity (Wildman–Crippen MR) is 83.7 cm³/mol. The lowest BCUT2D eigenvalue weighted by atomic mass is 9.92. The van der Waals surface area contributed by atoms with Gasteiger partial charge in [0, 0.05) is 24.5 Å². The molecule has 0 aliphatic carbocycles. The minimum atomic E-state index is -0.842. The summed E-state index contributed by atoms with van der Waals surface area (Å²) in [6, 6.07) is 4.15. The number of rotatable bonds is 2. The Kier molecular flexibility index (Phi) is 4.73. The minimum absolute atomic E-state index is 0.0220. The summed E-state index contributed by atoms with van der Waals surface area (Å²) < 4.78 is 27.4. The Morgan fingerprint density at radius 1 is 1.27 bits per heavy atom. The van der Waals surface area contributed by atoms with Gasteiger partial charge in [-0.1, -0.05) is 33.8 Å². The average Bonchev–Trinajstić information content (AvgIpc) is 2.40. The van der Waals surface area contributed by atoms with Crippen LogP contribution in [0.5, 0.6) is 0 Å². The summed E-state index contributed by atoms with van der Waals surface area (Å²) in [6.45, 7) is 8.78. The first kappa shape index (κ1) is 16.7. The molecule has 1 amide bonds. The van der Waals surface area contributed by atoms with Crippen LogP contribution >= 0.6 is 0 Å². The fourth-order valence-corrected chi connectivity index (χ4v) is 2.79. The molecule has 1 saturated heterocycles. The van der Waals surface area contributed by atoms with E-state index in [1.165, 1.54) is 6.07 Å². The van der Waals surface area contributed by atoms with Crippen molar-refractivity contribution in [1.29, 1.82) is 0 Å². The molecule has 1 aliphatic heterocycles. The summed E-state index contributed by atoms with van der Waals surface area (Å²) in [5.74, 6) is -1.39. The number of halogens is 2. The molecule has 0 radical (unpaired) electrons. The van der Waals surface area contributed by atoms with Crippen LogP contribution in [-0.2, 0) is 4.79 Å². The molecule has 2 unspecified atom stereocenters. The number of carbonyl (C=O) groups excluding carboxylic acids is 1. The zero-order valence-corrected chi connectivity index (χ0v) is 13.6. The van der Waals surface area contributed by atoms with Gasteiger partial charge in [0.05, 0.1) is 5.69 Å². The van der Waals surface area contributed by atoms with Crippen LogP contribution in [0.4, 0.5) is 14.5 Å². The highest BCUT2D eigenvalue weighted by atomic mass is 19.2. The third-order valence-electron chi connectivity index (χ3n) is 3.95. The van der Waals surface area contributed by atoms with Crippen LogP contribution in [0.25, 0.3) is 0 Å². The number of benzene rings is 1. The second-order valence-electron chi connectivity index (χ2n) is 7.24. The molecule has 122 valence electrons. The van der Waals surface area contributed by atoms with E-state index in [9.17, 15) is 13.6 Å². The third-order valence-corrected chi connectivity index (χ3v) is 3.95. The van der Waals surface area contributed by atoms with Crippen LogP contribution in [0.15, 0.2) is 18.2 Å². The molecule has 1 aliphatic rings. The Morgan fingerprint density at radius 3 is 2.59 bits per heavy atom. The summed E-state index contributed by atoms with van der Waals surface area (Å²) in [6.07, 6.45) is 0.843. The van der Waals surface area contributed by atoms with Gasteiger partial charge < -0.3 is 10.2 Å². The standard InChI is InChI=1S/C17H24F2N2O/c1-11-8-12(20-16(22)17(2,3)4)10-21(9-11)14-7-5-6-13(18)15(14)19/h5-7,11-12H,8-10H2,1-4H3,(H,20,22). The lowest BCUT2D eigenvalue weighted by molar-refractivity contribution is -0.129. The Morgan fingerprint density at radius 2 is 1.95 bits per heavy atom. The fourth-order valence-electron chi connectivity index (χ4n) is 2.79. The maximum Gasteiger partial charge on any atom is 0.225 e. The van der Waals surface area contributed by atoms with Crippen LogP contribution in [0.1, 0.15) is 34.1 Å². The predicted octanol–water partition coefficient (Wildman–Crippen LogP) is 3.34. The van der Waals surface area contributed by atoms with Gasteiger partial charge in [-0.15, -0.1) is 0 Å². The van der Waals surface area contributed by atoms with E-state index in [-0.39, 0.29) is 17.6 Å². The molecule has 1 heterocycles. The molecular weight excluding hydrogens is 286 g/mol. The maximum atomic E-state index is 14.0. The van der Waals surface area contributed by atoms with E-state index in [0.717, 1.165) is 12.5 Å². The molecule has 3 nitrogen and oxygen atoms in total. The summed E-state index contributed by atoms with van der Waals surface area (Å²) in [7, 11) is 0. The Bertz CT molecular complexity index is 554. The summed E-state index contributed by atoms with van der Waals surface area (Å²) in [5, 5.41) is 3.03. The minimum Gasteiger partial charge on any atom is -0.367 e. The second-order valence-corrected chi connectivity index (χ2v) is 7.24. The van der Waals surface area contributed by atoms with E-state index in [1.807, 2.05) is 25.7 Å². The van der Waals surface area contributed by atoms with Crippen molar-refractivity contribution < 1.29 is 13.6 Å². The SMILES string of the molecule is CC1CC(NC(=O)C(C)(C)C)CN(c2cccc(F)c2F)C1. The third kappa shape index (κ3) is 3.76. The monoisotopic (exact) mass is 310 g/mol. The van der Waals surface area contributed by atoms with Crippen LogP contribution in [0.3, 0.4) is 0 Å². The first-order valence-electron chi connectivity index (χ1n) is 7.68. The van der Waals surface area contributed by atoms with E-state index >= 15 is 0 Å². The van der Waals surface area contributed by atoms with Crippen molar-refractivity contribution in [2.45, 2.75) is 40.2 Å². The zero-order chi connectivity index (χ0) is 16.5. The van der Waals surface area contributed by atoms with Crippen LogP contribution < -0.4 is 10.2 Å². The molecule has 0 aromatic heterocycles. The number of piperidine rings is 1. The van der Waals surface area contributed by atoms with Gasteiger partial charge in [-0.3, -0.25) is 4.79 Å². The molecular formula is C17H24F2N2O. The molecule has 2 rings (SSSR count). The fraction of sp³-hybridized carbons (Fsp3) is 0.588. The van der Waals surface area contributed by atoms with Crippen molar-refractivity contribution in [2.24, 2.45) is 11.3 Å². The summed E-state index contributed by atoms with van der Waals surface area (Å²) in [4.78, 5) is 14.0. The van der Waals surface area contributed by atoms with Gasteiger partial charge >= 0.3 is 0 Å². The highest BCUT2D eigenvalue weighted by Gasteiger charge is 2.30. The van der Waals surface area contributed by atoms with E-state index in [1.54, 1.807) is 6.07 Å². The van der Waals surface area contributed by atoms with E-state index < -0.39 is 17.0 Å². The zero-order valence-electron chi connectivity index (χ0n) is 13.6. The normalized spacial score (nSPS) is 22.5. The first-order valence-corrected chi connectivity index (χ1v) is 7.68. The number of nitrogens with one attached hydrogen (secondary N) is 1. The molecule has 5 heteroatoms. The van der Waals surface area contributed by atoms with Gasteiger partial charge in [0.1, 0.15) is 0 Å². The summed E-state index contributed by atoms with van der Waals surface area (Å²) in [5.41, 5.74) is -0.197. The average molecular weight is 310 g/mol. The van der Waals surface area contributed by atoms with Gasteiger partial charge in [0.2, 0.25) is 5.91 Å². The van der Waals surface area contributed by atoms with Crippen molar-refractivity contribution >= 4 is 11.6 Å². The largest absolute Gasteiger partial charge is 0.367 e. The lowest BCUT2D eigenvalue weighted by Crippen LogP contribution is -2.52. The van der Waals surface area contributed by atoms with Crippen LogP contribution in [0, 0.1) is 23.0 Å². The quantitative estimate of drug-likeness (QED) is 0.908. The highest BCUT2D eigenvalue weighted by molar-refractivity contribution is 5.81. The molecule has 1 aromatic carbocycles. The van der Waals surface area contributed by atoms with Gasteiger partial charge in [-0.25, -0.2) is 8.78 Å². The van der Waals surface area contributed by atoms with E-state index in [2.05, 4.69) is 12.2 Å². The number of hydrogen-bond donors (Lipinski definition) is 1. The first-order chi connectivity index (χ1) is 10.2. The Balaban J connectivity index is 2.14. The lowest BCUT2D eigenvalue weighted by Gasteiger charge is -2.39. The van der Waals surface area contributed by atoms with Crippen molar-refractivity contribution in [3.05, 3.63) is 29.8 Å². The molecule has 1 N–H and O–H groups in total. The Labute approximate surface area is 130 Å². The Hall–Kier alpha value is -1.65. The molecule has 2 atom stereocenters. The molecule has 0 saturated carbocycles. The van der Waals surface area contributed by atoms with Crippen molar-refractivity contribution in [3.63, 3.8) is 0 Å². The number of nitrogens with zero attached hydrogens (tertiary/aromatic N) is 1. The van der Waals surface area contributed by atoms with E-state index in [4.69, 9.17) is 0 Å². The van der Waals surface area contributed by atoms with Crippen LogP contribution in [0.2, 0.25) is 0 Å². The maximum absolute atomic E-state index is 14.0. The molecule has 1 fully saturated rings. The topological polar surface area (TPSA) is 32.3 Å². The van der Waals surface area contributed by atoms with Crippen molar-refractivity contribution in [3.8, 4) is 0 Å². The van der Waals surface area contributed by atoms with Gasteiger partial charge in [-0.05, 0) is 24.5 Å². The number of hydrogen-bond acceptors (Lipinski definition) is 2. The number of amides is 1. The molecule has 1 aromatic rings. The molecule has 0 spiro atoms. The van der Waals surface area contributed by atoms with Crippen LogP contribution in [-0.4, -0.2) is 25.0 Å². The van der Waals surface area contributed by atoms with E-state index in [0.29, 0.717) is 19.0 Å². The highest BCUT2D eigenvalue weighted by Crippen LogP contribution is 2.27. The van der Waals surface area contributed by atoms with Crippen molar-refractivity contribution in [2.75, 3.05) is 18.0 Å². The van der Waals surface area contributed by atoms with Crippen molar-refractivity contribution in [1.82, 2.24) is 5.32 Å². The number of anilines is 1. The molecule has 22 heavy (non-hydrogen) atoms. The van der Waals surface area contributed by atoms with Gasteiger partial charge in [0.15, 0.2) is 11.6 Å². The smallest absolute Gasteiger partial charge is 0.225 e. The number of carbonyl (C=O) groups is 1. The second kappa shape index (κ2) is 6.23. The van der Waals surface area contributed by atoms with Gasteiger partial charge in [0.25, 0.3) is 0 Å². The summed E-state index contributed by atoms with van der Waals surface area (Å²) >= 11 is 0. The van der Waals surface area contributed by atoms with Gasteiger partial charge in [-0.2, -0.15) is 0 Å².